The fraction of sp³-hybridized carbons (Fsp3) is 0.333. The molecule has 0 spiro atoms. The van der Waals surface area contributed by atoms with Crippen LogP contribution in [0.1, 0.15) is 61.0 Å². The van der Waals surface area contributed by atoms with Crippen molar-refractivity contribution in [3.63, 3.8) is 0 Å². The predicted molar refractivity (Wildman–Crippen MR) is 140 cm³/mol. The SMILES string of the molecule is CCC(C)c1ccc(Cn2c(C3CC(=O)N(Cc4ccc(OC)cc4)C3)nc3ccccc32)cc1. The van der Waals surface area contributed by atoms with Crippen LogP contribution >= 0.6 is 0 Å². The zero-order valence-corrected chi connectivity index (χ0v) is 20.8. The Bertz CT molecular complexity index is 1310. The van der Waals surface area contributed by atoms with E-state index in [0.29, 0.717) is 25.4 Å². The maximum Gasteiger partial charge on any atom is 0.223 e. The number of aromatic nitrogens is 2. The molecule has 5 heteroatoms. The molecule has 0 saturated carbocycles. The van der Waals surface area contributed by atoms with Gasteiger partial charge in [-0.2, -0.15) is 0 Å². The van der Waals surface area contributed by atoms with Crippen LogP contribution in [0.3, 0.4) is 0 Å². The Labute approximate surface area is 207 Å². The van der Waals surface area contributed by atoms with Gasteiger partial charge in [-0.1, -0.05) is 62.4 Å². The number of hydrogen-bond acceptors (Lipinski definition) is 3. The quantitative estimate of drug-likeness (QED) is 0.313. The largest absolute Gasteiger partial charge is 0.497 e. The van der Waals surface area contributed by atoms with Crippen LogP contribution in [0.5, 0.6) is 5.75 Å². The van der Waals surface area contributed by atoms with Gasteiger partial charge in [0.05, 0.1) is 18.1 Å². The highest BCUT2D eigenvalue weighted by molar-refractivity contribution is 5.81. The summed E-state index contributed by atoms with van der Waals surface area (Å²) in [5.74, 6) is 2.65. The molecule has 35 heavy (non-hydrogen) atoms. The second-order valence-electron chi connectivity index (χ2n) is 9.62. The maximum atomic E-state index is 13.0. The number of ether oxygens (including phenoxy) is 1. The first-order chi connectivity index (χ1) is 17.1. The second-order valence-corrected chi connectivity index (χ2v) is 9.62. The zero-order chi connectivity index (χ0) is 24.4. The molecule has 0 bridgehead atoms. The third-order valence-corrected chi connectivity index (χ3v) is 7.30. The highest BCUT2D eigenvalue weighted by atomic mass is 16.5. The normalized spacial score (nSPS) is 16.7. The number of likely N-dealkylation sites (tertiary alicyclic amines) is 1. The molecule has 180 valence electrons. The number of benzene rings is 3. The molecule has 1 fully saturated rings. The summed E-state index contributed by atoms with van der Waals surface area (Å²) in [6.07, 6.45) is 1.63. The molecule has 1 aromatic heterocycles. The molecule has 1 saturated heterocycles. The third-order valence-electron chi connectivity index (χ3n) is 7.30. The lowest BCUT2D eigenvalue weighted by atomic mass is 9.97. The van der Waals surface area contributed by atoms with Crippen molar-refractivity contribution in [1.82, 2.24) is 14.5 Å². The fourth-order valence-electron chi connectivity index (χ4n) is 4.99. The van der Waals surface area contributed by atoms with Crippen molar-refractivity contribution in [3.05, 3.63) is 95.3 Å². The first-order valence-corrected chi connectivity index (χ1v) is 12.5. The lowest BCUT2D eigenvalue weighted by Crippen LogP contribution is -2.24. The lowest BCUT2D eigenvalue weighted by Gasteiger charge is -2.18. The Morgan fingerprint density at radius 2 is 1.66 bits per heavy atom. The van der Waals surface area contributed by atoms with Gasteiger partial charge in [0.1, 0.15) is 11.6 Å². The number of methoxy groups -OCH3 is 1. The van der Waals surface area contributed by atoms with E-state index >= 15 is 0 Å². The molecule has 3 aromatic carbocycles. The molecule has 5 nitrogen and oxygen atoms in total. The average Bonchev–Trinajstić information content (AvgIpc) is 3.44. The molecule has 0 aliphatic carbocycles. The van der Waals surface area contributed by atoms with E-state index in [0.717, 1.165) is 41.1 Å². The van der Waals surface area contributed by atoms with Gasteiger partial charge >= 0.3 is 0 Å². The number of para-hydroxylation sites is 2. The van der Waals surface area contributed by atoms with Crippen molar-refractivity contribution < 1.29 is 9.53 Å². The Morgan fingerprint density at radius 3 is 2.37 bits per heavy atom. The van der Waals surface area contributed by atoms with Gasteiger partial charge in [0.2, 0.25) is 5.91 Å². The van der Waals surface area contributed by atoms with E-state index in [2.05, 4.69) is 60.9 Å². The molecule has 2 atom stereocenters. The average molecular weight is 468 g/mol. The third kappa shape index (κ3) is 4.81. The van der Waals surface area contributed by atoms with Gasteiger partial charge in [0.25, 0.3) is 0 Å². The molecule has 2 unspecified atom stereocenters. The van der Waals surface area contributed by atoms with E-state index in [4.69, 9.17) is 9.72 Å². The van der Waals surface area contributed by atoms with Crippen LogP contribution in [0.4, 0.5) is 0 Å². The minimum atomic E-state index is 0.0764. The van der Waals surface area contributed by atoms with Gasteiger partial charge in [-0.25, -0.2) is 4.98 Å². The monoisotopic (exact) mass is 467 g/mol. The number of carbonyl (C=O) groups is 1. The molecule has 0 N–H and O–H groups in total. The molecule has 2 heterocycles. The first kappa shape index (κ1) is 23.2. The van der Waals surface area contributed by atoms with Gasteiger partial charge < -0.3 is 14.2 Å². The number of fused-ring (bicyclic) bond motifs is 1. The van der Waals surface area contributed by atoms with Crippen molar-refractivity contribution in [2.45, 2.75) is 51.6 Å². The number of amides is 1. The van der Waals surface area contributed by atoms with Crippen LogP contribution in [0.25, 0.3) is 11.0 Å². The number of rotatable bonds is 8. The Kier molecular flexibility index (Phi) is 6.58. The fourth-order valence-corrected chi connectivity index (χ4v) is 4.99. The van der Waals surface area contributed by atoms with Crippen molar-refractivity contribution in [1.29, 1.82) is 0 Å². The second kappa shape index (κ2) is 9.95. The van der Waals surface area contributed by atoms with E-state index in [1.165, 1.54) is 11.1 Å². The van der Waals surface area contributed by atoms with Gasteiger partial charge in [0.15, 0.2) is 0 Å². The van der Waals surface area contributed by atoms with E-state index in [1.54, 1.807) is 7.11 Å². The summed E-state index contributed by atoms with van der Waals surface area (Å²) in [6, 6.07) is 25.2. The van der Waals surface area contributed by atoms with Crippen LogP contribution in [-0.4, -0.2) is 34.0 Å². The molecule has 0 radical (unpaired) electrons. The number of carbonyl (C=O) groups excluding carboxylic acids is 1. The lowest BCUT2D eigenvalue weighted by molar-refractivity contribution is -0.128. The topological polar surface area (TPSA) is 47.4 Å². The molecule has 4 aromatic rings. The number of nitrogens with zero attached hydrogens (tertiary/aromatic N) is 3. The van der Waals surface area contributed by atoms with Gasteiger partial charge in [0, 0.05) is 32.0 Å². The first-order valence-electron chi connectivity index (χ1n) is 12.5. The van der Waals surface area contributed by atoms with Gasteiger partial charge in [-0.05, 0) is 53.3 Å². The number of hydrogen-bond donors (Lipinski definition) is 0. The Morgan fingerprint density at radius 1 is 0.971 bits per heavy atom. The number of imidazole rings is 1. The molecule has 1 aliphatic rings. The van der Waals surface area contributed by atoms with E-state index < -0.39 is 0 Å². The zero-order valence-electron chi connectivity index (χ0n) is 20.8. The molecule has 5 rings (SSSR count). The predicted octanol–water partition coefficient (Wildman–Crippen LogP) is 6.12. The van der Waals surface area contributed by atoms with Crippen LogP contribution in [-0.2, 0) is 17.9 Å². The van der Waals surface area contributed by atoms with Gasteiger partial charge in [-0.3, -0.25) is 4.79 Å². The maximum absolute atomic E-state index is 13.0. The van der Waals surface area contributed by atoms with E-state index in [-0.39, 0.29) is 11.8 Å². The van der Waals surface area contributed by atoms with Crippen LogP contribution in [0, 0.1) is 0 Å². The Balaban J connectivity index is 1.40. The molecular weight excluding hydrogens is 434 g/mol. The van der Waals surface area contributed by atoms with Crippen LogP contribution in [0.2, 0.25) is 0 Å². The summed E-state index contributed by atoms with van der Waals surface area (Å²) in [5.41, 5.74) is 5.84. The minimum Gasteiger partial charge on any atom is -0.497 e. The van der Waals surface area contributed by atoms with Crippen molar-refractivity contribution in [2.75, 3.05) is 13.7 Å². The van der Waals surface area contributed by atoms with Crippen molar-refractivity contribution in [2.24, 2.45) is 0 Å². The van der Waals surface area contributed by atoms with Crippen LogP contribution in [0.15, 0.2) is 72.8 Å². The van der Waals surface area contributed by atoms with E-state index in [9.17, 15) is 4.79 Å². The van der Waals surface area contributed by atoms with Crippen molar-refractivity contribution in [3.8, 4) is 5.75 Å². The minimum absolute atomic E-state index is 0.0764. The van der Waals surface area contributed by atoms with E-state index in [1.807, 2.05) is 35.2 Å². The smallest absolute Gasteiger partial charge is 0.223 e. The molecule has 1 aliphatic heterocycles. The summed E-state index contributed by atoms with van der Waals surface area (Å²) in [5, 5.41) is 0. The van der Waals surface area contributed by atoms with Gasteiger partial charge in [-0.15, -0.1) is 0 Å². The summed E-state index contributed by atoms with van der Waals surface area (Å²) in [6.45, 7) is 6.53. The summed E-state index contributed by atoms with van der Waals surface area (Å²) in [4.78, 5) is 19.9. The highest BCUT2D eigenvalue weighted by Gasteiger charge is 2.34. The summed E-state index contributed by atoms with van der Waals surface area (Å²) >= 11 is 0. The molecule has 1 amide bonds. The standard InChI is InChI=1S/C30H33N3O2/c1-4-21(2)24-13-9-23(10-14-24)19-33-28-8-6-5-7-27(28)31-30(33)25-17-29(34)32(20-25)18-22-11-15-26(35-3)16-12-22/h5-16,21,25H,4,17-20H2,1-3H3. The van der Waals surface area contributed by atoms with Crippen molar-refractivity contribution >= 4 is 16.9 Å². The highest BCUT2D eigenvalue weighted by Crippen LogP contribution is 2.32. The Hall–Kier alpha value is -3.60. The summed E-state index contributed by atoms with van der Waals surface area (Å²) < 4.78 is 7.57. The summed E-state index contributed by atoms with van der Waals surface area (Å²) in [7, 11) is 1.66. The molecular formula is C30H33N3O2. The van der Waals surface area contributed by atoms with Crippen LogP contribution < -0.4 is 4.74 Å².